The number of nitrogens with one attached hydrogen (secondary N) is 1. The number of rotatable bonds is 4. The molecule has 1 aromatic rings. The molecule has 0 radical (unpaired) electrons. The van der Waals surface area contributed by atoms with Crippen molar-refractivity contribution in [1.29, 1.82) is 0 Å². The highest BCUT2D eigenvalue weighted by Gasteiger charge is 2.29. The van der Waals surface area contributed by atoms with Gasteiger partial charge < -0.3 is 5.73 Å². The molecule has 0 bridgehead atoms. The summed E-state index contributed by atoms with van der Waals surface area (Å²) in [6, 6.07) is 4.21. The number of pyridine rings is 1. The highest BCUT2D eigenvalue weighted by atomic mass is 32.2. The van der Waals surface area contributed by atoms with Gasteiger partial charge in [0.2, 0.25) is 0 Å². The molecular formula is C12H20N4S2. The number of hydrogen-bond acceptors (Lipinski definition) is 6. The number of anilines is 1. The molecule has 18 heavy (non-hydrogen) atoms. The van der Waals surface area contributed by atoms with E-state index in [1.165, 1.54) is 17.1 Å². The largest absolute Gasteiger partial charge is 0.384 e. The van der Waals surface area contributed by atoms with Gasteiger partial charge in [-0.25, -0.2) is 4.98 Å². The second-order valence-electron chi connectivity index (χ2n) is 4.48. The molecular weight excluding hydrogens is 264 g/mol. The third kappa shape index (κ3) is 3.54. The molecule has 0 aromatic carbocycles. The number of aromatic nitrogens is 1. The van der Waals surface area contributed by atoms with Crippen LogP contribution in [-0.4, -0.2) is 33.0 Å². The highest BCUT2D eigenvalue weighted by molar-refractivity contribution is 8.07. The van der Waals surface area contributed by atoms with Crippen molar-refractivity contribution in [2.45, 2.75) is 29.9 Å². The SMILES string of the molecule is CC1SCCSC1C(Cc1ccnc(N)c1)NN. The molecule has 0 amide bonds. The topological polar surface area (TPSA) is 77.0 Å². The maximum absolute atomic E-state index is 5.73. The lowest BCUT2D eigenvalue weighted by molar-refractivity contribution is 0.501. The molecule has 1 aliphatic heterocycles. The lowest BCUT2D eigenvalue weighted by Gasteiger charge is -2.34. The summed E-state index contributed by atoms with van der Waals surface area (Å²) >= 11 is 4.05. The van der Waals surface area contributed by atoms with Crippen LogP contribution in [0.5, 0.6) is 0 Å². The lowest BCUT2D eigenvalue weighted by Crippen LogP contribution is -2.48. The summed E-state index contributed by atoms with van der Waals surface area (Å²) in [4.78, 5) is 4.02. The Balaban J connectivity index is 2.04. The summed E-state index contributed by atoms with van der Waals surface area (Å²) < 4.78 is 0. The van der Waals surface area contributed by atoms with Gasteiger partial charge in [-0.2, -0.15) is 23.5 Å². The van der Waals surface area contributed by atoms with Gasteiger partial charge in [0.05, 0.1) is 0 Å². The fourth-order valence-corrected chi connectivity index (χ4v) is 5.18. The number of nitrogens with zero attached hydrogens (tertiary/aromatic N) is 1. The minimum absolute atomic E-state index is 0.277. The Hall–Kier alpha value is -0.430. The third-order valence-corrected chi connectivity index (χ3v) is 6.40. The Morgan fingerprint density at radius 2 is 2.28 bits per heavy atom. The van der Waals surface area contributed by atoms with E-state index < -0.39 is 0 Å². The number of thioether (sulfide) groups is 2. The first kappa shape index (κ1) is 14.0. The van der Waals surface area contributed by atoms with E-state index in [0.717, 1.165) is 6.42 Å². The van der Waals surface area contributed by atoms with Crippen LogP contribution in [0.3, 0.4) is 0 Å². The lowest BCUT2D eigenvalue weighted by atomic mass is 10.0. The molecule has 1 aliphatic rings. The van der Waals surface area contributed by atoms with E-state index in [1.54, 1.807) is 6.20 Å². The van der Waals surface area contributed by atoms with Gasteiger partial charge in [-0.05, 0) is 24.1 Å². The quantitative estimate of drug-likeness (QED) is 0.571. The van der Waals surface area contributed by atoms with E-state index >= 15 is 0 Å². The number of nitrogen functional groups attached to an aromatic ring is 1. The Labute approximate surface area is 117 Å². The average molecular weight is 284 g/mol. The Kier molecular flexibility index (Phi) is 5.17. The van der Waals surface area contributed by atoms with Gasteiger partial charge in [-0.1, -0.05) is 6.92 Å². The van der Waals surface area contributed by atoms with E-state index in [1.807, 2.05) is 35.7 Å². The van der Waals surface area contributed by atoms with Crippen LogP contribution in [0.2, 0.25) is 0 Å². The van der Waals surface area contributed by atoms with E-state index in [4.69, 9.17) is 11.6 Å². The number of hydrazine groups is 1. The smallest absolute Gasteiger partial charge is 0.123 e. The molecule has 1 aromatic heterocycles. The van der Waals surface area contributed by atoms with Crippen LogP contribution >= 0.6 is 23.5 Å². The summed E-state index contributed by atoms with van der Waals surface area (Å²) in [6.45, 7) is 2.28. The van der Waals surface area contributed by atoms with Gasteiger partial charge in [0.15, 0.2) is 0 Å². The normalized spacial score (nSPS) is 25.9. The van der Waals surface area contributed by atoms with Crippen LogP contribution in [-0.2, 0) is 6.42 Å². The van der Waals surface area contributed by atoms with E-state index in [0.29, 0.717) is 16.3 Å². The minimum atomic E-state index is 0.277. The van der Waals surface area contributed by atoms with Crippen LogP contribution < -0.4 is 17.0 Å². The number of nitrogens with two attached hydrogens (primary N) is 2. The van der Waals surface area contributed by atoms with Crippen molar-refractivity contribution in [1.82, 2.24) is 10.4 Å². The minimum Gasteiger partial charge on any atom is -0.384 e. The van der Waals surface area contributed by atoms with Gasteiger partial charge in [0.1, 0.15) is 5.82 Å². The van der Waals surface area contributed by atoms with E-state index in [2.05, 4.69) is 17.3 Å². The van der Waals surface area contributed by atoms with Gasteiger partial charge in [-0.15, -0.1) is 0 Å². The molecule has 3 unspecified atom stereocenters. The second kappa shape index (κ2) is 6.65. The number of hydrogen-bond donors (Lipinski definition) is 3. The van der Waals surface area contributed by atoms with Crippen molar-refractivity contribution in [2.24, 2.45) is 5.84 Å². The van der Waals surface area contributed by atoms with Crippen LogP contribution in [0.25, 0.3) is 0 Å². The summed E-state index contributed by atoms with van der Waals surface area (Å²) in [5, 5.41) is 1.17. The first-order valence-corrected chi connectivity index (χ1v) is 8.20. The van der Waals surface area contributed by atoms with Crippen LogP contribution in [0.4, 0.5) is 5.82 Å². The molecule has 1 fully saturated rings. The molecule has 1 saturated heterocycles. The summed E-state index contributed by atoms with van der Waals surface area (Å²) in [5.74, 6) is 8.75. The molecule has 6 heteroatoms. The van der Waals surface area contributed by atoms with Crippen LogP contribution in [0.1, 0.15) is 12.5 Å². The Morgan fingerprint density at radius 1 is 1.50 bits per heavy atom. The van der Waals surface area contributed by atoms with E-state index in [9.17, 15) is 0 Å². The summed E-state index contributed by atoms with van der Waals surface area (Å²) in [7, 11) is 0. The summed E-state index contributed by atoms with van der Waals surface area (Å²) in [5.41, 5.74) is 9.87. The van der Waals surface area contributed by atoms with Crippen LogP contribution in [0.15, 0.2) is 18.3 Å². The zero-order valence-corrected chi connectivity index (χ0v) is 12.1. The summed E-state index contributed by atoms with van der Waals surface area (Å²) in [6.07, 6.45) is 2.65. The highest BCUT2D eigenvalue weighted by Crippen LogP contribution is 2.33. The van der Waals surface area contributed by atoms with Gasteiger partial charge in [0, 0.05) is 34.2 Å². The van der Waals surface area contributed by atoms with Crippen LogP contribution in [0, 0.1) is 0 Å². The van der Waals surface area contributed by atoms with Crippen molar-refractivity contribution in [2.75, 3.05) is 17.2 Å². The van der Waals surface area contributed by atoms with Crippen molar-refractivity contribution in [3.8, 4) is 0 Å². The van der Waals surface area contributed by atoms with Crippen molar-refractivity contribution >= 4 is 29.3 Å². The molecule has 0 spiro atoms. The average Bonchev–Trinajstić information content (AvgIpc) is 2.37. The fraction of sp³-hybridized carbons (Fsp3) is 0.583. The first-order valence-electron chi connectivity index (χ1n) is 6.10. The molecule has 3 atom stereocenters. The zero-order chi connectivity index (χ0) is 13.0. The van der Waals surface area contributed by atoms with Crippen molar-refractivity contribution in [3.63, 3.8) is 0 Å². The maximum atomic E-state index is 5.73. The Bertz CT molecular complexity index is 388. The molecule has 0 aliphatic carbocycles. The first-order chi connectivity index (χ1) is 8.70. The monoisotopic (exact) mass is 284 g/mol. The molecule has 2 rings (SSSR count). The predicted octanol–water partition coefficient (Wildman–Crippen LogP) is 1.28. The van der Waals surface area contributed by atoms with Gasteiger partial charge in [0.25, 0.3) is 0 Å². The van der Waals surface area contributed by atoms with Gasteiger partial charge >= 0.3 is 0 Å². The molecule has 5 N–H and O–H groups in total. The van der Waals surface area contributed by atoms with Crippen molar-refractivity contribution < 1.29 is 0 Å². The Morgan fingerprint density at radius 3 is 2.94 bits per heavy atom. The third-order valence-electron chi connectivity index (χ3n) is 3.15. The maximum Gasteiger partial charge on any atom is 0.123 e. The molecule has 100 valence electrons. The second-order valence-corrected chi connectivity index (χ2v) is 7.25. The zero-order valence-electron chi connectivity index (χ0n) is 10.5. The van der Waals surface area contributed by atoms with Gasteiger partial charge in [-0.3, -0.25) is 11.3 Å². The molecule has 2 heterocycles. The molecule has 0 saturated carbocycles. The fourth-order valence-electron chi connectivity index (χ4n) is 2.24. The van der Waals surface area contributed by atoms with Crippen molar-refractivity contribution in [3.05, 3.63) is 23.9 Å². The molecule has 4 nitrogen and oxygen atoms in total. The standard InChI is InChI=1S/C12H20N4S2/c1-8-12(18-5-4-17-8)10(16-14)6-9-2-3-15-11(13)7-9/h2-3,7-8,10,12,16H,4-6,14H2,1H3,(H2,13,15). The van der Waals surface area contributed by atoms with E-state index in [-0.39, 0.29) is 6.04 Å². The predicted molar refractivity (Wildman–Crippen MR) is 81.6 cm³/mol.